The third-order valence-corrected chi connectivity index (χ3v) is 3.42. The second-order valence-electron chi connectivity index (χ2n) is 3.63. The number of aromatic nitrogens is 2. The van der Waals surface area contributed by atoms with Gasteiger partial charge in [0.05, 0.1) is 11.5 Å². The Morgan fingerprint density at radius 1 is 1.56 bits per heavy atom. The standard InChI is InChI=1S/C10H12N2O5S/c1-18-8-7(15)5(4-13)17-9(8)12-3-2-6(14)11-10(12)16/h2-3,5,9,13,15H,4H2,1H3,(H,11,14,16)/t5-,9-/m1/s1. The van der Waals surface area contributed by atoms with Crippen molar-refractivity contribution >= 4 is 11.8 Å². The average molecular weight is 272 g/mol. The molecule has 0 saturated heterocycles. The molecule has 7 nitrogen and oxygen atoms in total. The maximum Gasteiger partial charge on any atom is 0.330 e. The summed E-state index contributed by atoms with van der Waals surface area (Å²) >= 11 is 1.22. The fraction of sp³-hybridized carbons (Fsp3) is 0.400. The van der Waals surface area contributed by atoms with Crippen LogP contribution in [0.1, 0.15) is 6.23 Å². The lowest BCUT2D eigenvalue weighted by molar-refractivity contribution is -0.0259. The first-order chi connectivity index (χ1) is 8.58. The monoisotopic (exact) mass is 272 g/mol. The lowest BCUT2D eigenvalue weighted by Gasteiger charge is -2.16. The highest BCUT2D eigenvalue weighted by atomic mass is 32.2. The minimum absolute atomic E-state index is 0.0897. The lowest BCUT2D eigenvalue weighted by Crippen LogP contribution is -2.32. The van der Waals surface area contributed by atoms with Crippen molar-refractivity contribution in [1.29, 1.82) is 0 Å². The molecular formula is C10H12N2O5S. The molecule has 2 heterocycles. The van der Waals surface area contributed by atoms with Crippen molar-refractivity contribution in [1.82, 2.24) is 9.55 Å². The molecule has 0 aliphatic carbocycles. The highest BCUT2D eigenvalue weighted by Gasteiger charge is 2.35. The molecule has 8 heteroatoms. The maximum atomic E-state index is 11.6. The van der Waals surface area contributed by atoms with Gasteiger partial charge in [-0.25, -0.2) is 4.79 Å². The van der Waals surface area contributed by atoms with Gasteiger partial charge < -0.3 is 14.9 Å². The van der Waals surface area contributed by atoms with Gasteiger partial charge in [-0.05, 0) is 6.26 Å². The van der Waals surface area contributed by atoms with E-state index < -0.39 is 23.6 Å². The first-order valence-corrected chi connectivity index (χ1v) is 6.35. The molecular weight excluding hydrogens is 260 g/mol. The Labute approximate surface area is 106 Å². The third kappa shape index (κ3) is 2.09. The molecule has 1 aliphatic rings. The Bertz CT molecular complexity index is 590. The van der Waals surface area contributed by atoms with Gasteiger partial charge in [0, 0.05) is 12.3 Å². The molecule has 2 atom stereocenters. The van der Waals surface area contributed by atoms with Crippen molar-refractivity contribution in [2.45, 2.75) is 12.3 Å². The zero-order chi connectivity index (χ0) is 13.3. The number of hydrogen-bond donors (Lipinski definition) is 3. The van der Waals surface area contributed by atoms with Crippen LogP contribution >= 0.6 is 11.8 Å². The summed E-state index contributed by atoms with van der Waals surface area (Å²) in [5, 5.41) is 18.9. The van der Waals surface area contributed by atoms with Crippen molar-refractivity contribution in [2.75, 3.05) is 12.9 Å². The number of H-pyrrole nitrogens is 1. The van der Waals surface area contributed by atoms with Gasteiger partial charge in [-0.15, -0.1) is 11.8 Å². The Morgan fingerprint density at radius 3 is 2.83 bits per heavy atom. The number of aromatic amines is 1. The summed E-state index contributed by atoms with van der Waals surface area (Å²) in [6.07, 6.45) is 1.32. The van der Waals surface area contributed by atoms with Crippen molar-refractivity contribution in [3.63, 3.8) is 0 Å². The summed E-state index contributed by atoms with van der Waals surface area (Å²) in [5.74, 6) is -0.0897. The Balaban J connectivity index is 2.46. The van der Waals surface area contributed by atoms with E-state index in [2.05, 4.69) is 4.98 Å². The number of thioether (sulfide) groups is 1. The average Bonchev–Trinajstić information content (AvgIpc) is 2.65. The fourth-order valence-corrected chi connectivity index (χ4v) is 2.42. The topological polar surface area (TPSA) is 105 Å². The molecule has 2 rings (SSSR count). The van der Waals surface area contributed by atoms with E-state index in [1.807, 2.05) is 0 Å². The predicted octanol–water partition coefficient (Wildman–Crippen LogP) is -0.441. The fourth-order valence-electron chi connectivity index (χ4n) is 1.71. The zero-order valence-electron chi connectivity index (χ0n) is 9.49. The molecule has 0 amide bonds. The number of aliphatic hydroxyl groups excluding tert-OH is 2. The molecule has 18 heavy (non-hydrogen) atoms. The normalized spacial score (nSPS) is 23.7. The van der Waals surface area contributed by atoms with Gasteiger partial charge in [-0.3, -0.25) is 14.3 Å². The van der Waals surface area contributed by atoms with Crippen LogP contribution in [0.3, 0.4) is 0 Å². The molecule has 98 valence electrons. The number of rotatable bonds is 3. The number of nitrogens with one attached hydrogen (secondary N) is 1. The molecule has 0 saturated carbocycles. The molecule has 0 aromatic carbocycles. The van der Waals surface area contributed by atoms with Crippen molar-refractivity contribution < 1.29 is 14.9 Å². The van der Waals surface area contributed by atoms with Crippen LogP contribution < -0.4 is 11.2 Å². The summed E-state index contributed by atoms with van der Waals surface area (Å²) in [6, 6.07) is 1.19. The van der Waals surface area contributed by atoms with E-state index >= 15 is 0 Å². The van der Waals surface area contributed by atoms with Crippen LogP contribution in [0, 0.1) is 0 Å². The van der Waals surface area contributed by atoms with Crippen molar-refractivity contribution in [3.8, 4) is 0 Å². The van der Waals surface area contributed by atoms with Gasteiger partial charge in [0.15, 0.2) is 6.23 Å². The number of hydrogen-bond acceptors (Lipinski definition) is 6. The van der Waals surface area contributed by atoms with Crippen LogP contribution in [-0.2, 0) is 4.74 Å². The van der Waals surface area contributed by atoms with Crippen LogP contribution in [0.4, 0.5) is 0 Å². The van der Waals surface area contributed by atoms with Gasteiger partial charge in [0.25, 0.3) is 5.56 Å². The summed E-state index contributed by atoms with van der Waals surface area (Å²) in [6.45, 7) is -0.384. The van der Waals surface area contributed by atoms with Crippen LogP contribution in [0.5, 0.6) is 0 Å². The molecule has 1 aromatic rings. The summed E-state index contributed by atoms with van der Waals surface area (Å²) < 4.78 is 6.53. The van der Waals surface area contributed by atoms with E-state index in [0.29, 0.717) is 4.91 Å². The largest absolute Gasteiger partial charge is 0.508 e. The van der Waals surface area contributed by atoms with E-state index in [1.54, 1.807) is 6.26 Å². The van der Waals surface area contributed by atoms with Gasteiger partial charge in [0.1, 0.15) is 11.9 Å². The summed E-state index contributed by atoms with van der Waals surface area (Å²) in [7, 11) is 0. The van der Waals surface area contributed by atoms with Gasteiger partial charge >= 0.3 is 5.69 Å². The molecule has 1 aliphatic heterocycles. The molecule has 3 N–H and O–H groups in total. The molecule has 0 unspecified atom stereocenters. The first kappa shape index (κ1) is 12.9. The maximum absolute atomic E-state index is 11.6. The summed E-state index contributed by atoms with van der Waals surface area (Å²) in [4.78, 5) is 25.2. The van der Waals surface area contributed by atoms with Gasteiger partial charge in [-0.1, -0.05) is 0 Å². The Hall–Kier alpha value is -1.51. The predicted molar refractivity (Wildman–Crippen MR) is 65.5 cm³/mol. The van der Waals surface area contributed by atoms with Gasteiger partial charge in [-0.2, -0.15) is 0 Å². The molecule has 0 bridgehead atoms. The molecule has 0 spiro atoms. The molecule has 1 aromatic heterocycles. The molecule has 0 radical (unpaired) electrons. The molecule has 0 fully saturated rings. The van der Waals surface area contributed by atoms with Gasteiger partial charge in [0.2, 0.25) is 0 Å². The zero-order valence-corrected chi connectivity index (χ0v) is 10.3. The van der Waals surface area contributed by atoms with Crippen LogP contribution in [0.25, 0.3) is 0 Å². The quantitative estimate of drug-likeness (QED) is 0.689. The smallest absolute Gasteiger partial charge is 0.330 e. The highest BCUT2D eigenvalue weighted by molar-refractivity contribution is 8.02. The second-order valence-corrected chi connectivity index (χ2v) is 4.48. The lowest BCUT2D eigenvalue weighted by atomic mass is 10.3. The van der Waals surface area contributed by atoms with E-state index in [-0.39, 0.29) is 12.4 Å². The number of ether oxygens (including phenoxy) is 1. The van der Waals surface area contributed by atoms with E-state index in [4.69, 9.17) is 9.84 Å². The van der Waals surface area contributed by atoms with E-state index in [9.17, 15) is 14.7 Å². The van der Waals surface area contributed by atoms with Crippen LogP contribution in [0.2, 0.25) is 0 Å². The highest BCUT2D eigenvalue weighted by Crippen LogP contribution is 2.38. The first-order valence-electron chi connectivity index (χ1n) is 5.13. The second kappa shape index (κ2) is 5.01. The van der Waals surface area contributed by atoms with E-state index in [0.717, 1.165) is 4.57 Å². The summed E-state index contributed by atoms with van der Waals surface area (Å²) in [5.41, 5.74) is -1.14. The minimum atomic E-state index is -0.851. The van der Waals surface area contributed by atoms with Crippen molar-refractivity contribution in [3.05, 3.63) is 43.8 Å². The van der Waals surface area contributed by atoms with E-state index in [1.165, 1.54) is 24.0 Å². The Kier molecular flexibility index (Phi) is 3.60. The minimum Gasteiger partial charge on any atom is -0.508 e. The number of nitrogens with zero attached hydrogens (tertiary/aromatic N) is 1. The van der Waals surface area contributed by atoms with Crippen LogP contribution in [-0.4, -0.2) is 38.7 Å². The SMILES string of the molecule is CSC1=C(O)[C@@H](CO)O[C@H]1n1ccc(=O)[nH]c1=O. The number of aliphatic hydroxyl groups is 2. The van der Waals surface area contributed by atoms with Crippen LogP contribution in [0.15, 0.2) is 32.5 Å². The Morgan fingerprint density at radius 2 is 2.28 bits per heavy atom. The van der Waals surface area contributed by atoms with Crippen molar-refractivity contribution in [2.24, 2.45) is 0 Å². The third-order valence-electron chi connectivity index (χ3n) is 2.56.